The highest BCUT2D eigenvalue weighted by Crippen LogP contribution is 2.15. The van der Waals surface area contributed by atoms with Crippen molar-refractivity contribution in [1.29, 1.82) is 0 Å². The first-order chi connectivity index (χ1) is 9.13. The van der Waals surface area contributed by atoms with Gasteiger partial charge in [-0.2, -0.15) is 0 Å². The maximum atomic E-state index is 11.4. The van der Waals surface area contributed by atoms with Gasteiger partial charge in [-0.1, -0.05) is 18.2 Å². The third kappa shape index (κ3) is 5.90. The minimum Gasteiger partial charge on any atom is -0.493 e. The molecule has 0 fully saturated rings. The number of benzene rings is 1. The molecule has 0 aromatic heterocycles. The summed E-state index contributed by atoms with van der Waals surface area (Å²) in [7, 11) is 1.32. The molecule has 0 heterocycles. The smallest absolute Gasteiger partial charge is 0.307 e. The number of para-hydroxylation sites is 1. The molecule has 5 heteroatoms. The van der Waals surface area contributed by atoms with E-state index >= 15 is 0 Å². The van der Waals surface area contributed by atoms with Crippen molar-refractivity contribution in [3.63, 3.8) is 0 Å². The van der Waals surface area contributed by atoms with Gasteiger partial charge in [-0.15, -0.1) is 0 Å². The van der Waals surface area contributed by atoms with Gasteiger partial charge in [0.05, 0.1) is 26.6 Å². The Balaban J connectivity index is 2.17. The Morgan fingerprint density at radius 1 is 1.21 bits per heavy atom. The van der Waals surface area contributed by atoms with Crippen molar-refractivity contribution >= 4 is 11.9 Å². The number of esters is 1. The van der Waals surface area contributed by atoms with Gasteiger partial charge in [-0.3, -0.25) is 9.59 Å². The fraction of sp³-hybridized carbons (Fsp3) is 0.429. The van der Waals surface area contributed by atoms with Gasteiger partial charge in [0.15, 0.2) is 0 Å². The first kappa shape index (κ1) is 15.0. The number of carbonyl (C=O) groups is 2. The third-order valence-electron chi connectivity index (χ3n) is 2.56. The van der Waals surface area contributed by atoms with Crippen LogP contribution in [0.25, 0.3) is 0 Å². The molecule has 0 radical (unpaired) electrons. The molecule has 0 aliphatic rings. The van der Waals surface area contributed by atoms with Crippen LogP contribution in [0.5, 0.6) is 5.75 Å². The highest BCUT2D eigenvalue weighted by atomic mass is 16.5. The van der Waals surface area contributed by atoms with Gasteiger partial charge in [0.2, 0.25) is 5.91 Å². The molecule has 1 N–H and O–H groups in total. The molecule has 1 aromatic carbocycles. The SMILES string of the molecule is COC(=O)CCNC(=O)CCOc1ccccc1C. The molecule has 0 saturated heterocycles. The van der Waals surface area contributed by atoms with Crippen LogP contribution in [0.2, 0.25) is 0 Å². The van der Waals surface area contributed by atoms with E-state index in [4.69, 9.17) is 4.74 Å². The van der Waals surface area contributed by atoms with Crippen LogP contribution in [0.4, 0.5) is 0 Å². The quantitative estimate of drug-likeness (QED) is 0.758. The minimum absolute atomic E-state index is 0.141. The lowest BCUT2D eigenvalue weighted by Crippen LogP contribution is -2.27. The van der Waals surface area contributed by atoms with Crippen molar-refractivity contribution in [3.05, 3.63) is 29.8 Å². The Hall–Kier alpha value is -2.04. The summed E-state index contributed by atoms with van der Waals surface area (Å²) in [5.74, 6) is 0.304. The van der Waals surface area contributed by atoms with Crippen molar-refractivity contribution in [3.8, 4) is 5.75 Å². The summed E-state index contributed by atoms with van der Waals surface area (Å²) in [6.45, 7) is 2.55. The summed E-state index contributed by atoms with van der Waals surface area (Å²) in [5.41, 5.74) is 1.04. The maximum Gasteiger partial charge on any atom is 0.307 e. The molecule has 104 valence electrons. The molecule has 1 rings (SSSR count). The molecule has 1 amide bonds. The number of ether oxygens (including phenoxy) is 2. The van der Waals surface area contributed by atoms with E-state index in [1.165, 1.54) is 7.11 Å². The minimum atomic E-state index is -0.337. The van der Waals surface area contributed by atoms with E-state index in [9.17, 15) is 9.59 Å². The molecule has 0 atom stereocenters. The molecule has 5 nitrogen and oxygen atoms in total. The lowest BCUT2D eigenvalue weighted by molar-refractivity contribution is -0.140. The van der Waals surface area contributed by atoms with Crippen LogP contribution in [-0.4, -0.2) is 32.1 Å². The molecule has 0 saturated carbocycles. The Labute approximate surface area is 112 Å². The zero-order chi connectivity index (χ0) is 14.1. The van der Waals surface area contributed by atoms with E-state index in [1.807, 2.05) is 31.2 Å². The fourth-order valence-corrected chi connectivity index (χ4v) is 1.47. The highest BCUT2D eigenvalue weighted by Gasteiger charge is 2.05. The normalized spacial score (nSPS) is 9.79. The van der Waals surface area contributed by atoms with Gasteiger partial charge in [-0.25, -0.2) is 0 Å². The second-order valence-electron chi connectivity index (χ2n) is 4.04. The van der Waals surface area contributed by atoms with Crippen LogP contribution < -0.4 is 10.1 Å². The number of carbonyl (C=O) groups excluding carboxylic acids is 2. The van der Waals surface area contributed by atoms with Crippen LogP contribution in [0.15, 0.2) is 24.3 Å². The number of rotatable bonds is 7. The number of hydrogen-bond acceptors (Lipinski definition) is 4. The summed E-state index contributed by atoms with van der Waals surface area (Å²) in [6, 6.07) is 7.64. The van der Waals surface area contributed by atoms with Crippen LogP contribution in [0.3, 0.4) is 0 Å². The molecule has 0 unspecified atom stereocenters. The lowest BCUT2D eigenvalue weighted by atomic mass is 10.2. The van der Waals surface area contributed by atoms with E-state index in [0.717, 1.165) is 11.3 Å². The number of methoxy groups -OCH3 is 1. The summed E-state index contributed by atoms with van der Waals surface area (Å²) in [6.07, 6.45) is 0.441. The number of aryl methyl sites for hydroxylation is 1. The van der Waals surface area contributed by atoms with Crippen LogP contribution in [0.1, 0.15) is 18.4 Å². The van der Waals surface area contributed by atoms with E-state index in [1.54, 1.807) is 0 Å². The molecular weight excluding hydrogens is 246 g/mol. The Morgan fingerprint density at radius 2 is 1.95 bits per heavy atom. The summed E-state index contributed by atoms with van der Waals surface area (Å²) in [4.78, 5) is 22.3. The molecular formula is C14H19NO4. The van der Waals surface area contributed by atoms with E-state index in [0.29, 0.717) is 6.61 Å². The van der Waals surface area contributed by atoms with Gasteiger partial charge in [-0.05, 0) is 18.6 Å². The Morgan fingerprint density at radius 3 is 2.63 bits per heavy atom. The Bertz CT molecular complexity index is 431. The molecule has 0 aliphatic carbocycles. The van der Waals surface area contributed by atoms with Crippen LogP contribution in [-0.2, 0) is 14.3 Å². The molecule has 0 spiro atoms. The molecule has 19 heavy (non-hydrogen) atoms. The Kier molecular flexibility index (Phi) is 6.43. The first-order valence-electron chi connectivity index (χ1n) is 6.15. The van der Waals surface area contributed by atoms with Crippen LogP contribution in [0, 0.1) is 6.92 Å². The second-order valence-corrected chi connectivity index (χ2v) is 4.04. The largest absolute Gasteiger partial charge is 0.493 e. The van der Waals surface area contributed by atoms with Crippen molar-refractivity contribution in [2.24, 2.45) is 0 Å². The van der Waals surface area contributed by atoms with Crippen molar-refractivity contribution in [2.75, 3.05) is 20.3 Å². The fourth-order valence-electron chi connectivity index (χ4n) is 1.47. The average molecular weight is 265 g/mol. The van der Waals surface area contributed by atoms with Gasteiger partial charge < -0.3 is 14.8 Å². The predicted molar refractivity (Wildman–Crippen MR) is 70.9 cm³/mol. The van der Waals surface area contributed by atoms with E-state index in [-0.39, 0.29) is 31.3 Å². The van der Waals surface area contributed by atoms with Gasteiger partial charge >= 0.3 is 5.97 Å². The number of amides is 1. The first-order valence-corrected chi connectivity index (χ1v) is 6.15. The van der Waals surface area contributed by atoms with E-state index in [2.05, 4.69) is 10.1 Å². The molecule has 0 bridgehead atoms. The third-order valence-corrected chi connectivity index (χ3v) is 2.56. The van der Waals surface area contributed by atoms with Gasteiger partial charge in [0.25, 0.3) is 0 Å². The number of nitrogens with one attached hydrogen (secondary N) is 1. The second kappa shape index (κ2) is 8.13. The molecule has 0 aliphatic heterocycles. The highest BCUT2D eigenvalue weighted by molar-refractivity contribution is 5.77. The molecule has 1 aromatic rings. The van der Waals surface area contributed by atoms with Gasteiger partial charge in [0, 0.05) is 6.54 Å². The predicted octanol–water partition coefficient (Wildman–Crippen LogP) is 1.44. The average Bonchev–Trinajstić information content (AvgIpc) is 2.40. The standard InChI is InChI=1S/C14H19NO4/c1-11-5-3-4-6-12(11)19-10-8-13(16)15-9-7-14(17)18-2/h3-6H,7-10H2,1-2H3,(H,15,16). The van der Waals surface area contributed by atoms with Crippen molar-refractivity contribution in [1.82, 2.24) is 5.32 Å². The monoisotopic (exact) mass is 265 g/mol. The summed E-state index contributed by atoms with van der Waals surface area (Å²) >= 11 is 0. The van der Waals surface area contributed by atoms with Crippen molar-refractivity contribution in [2.45, 2.75) is 19.8 Å². The van der Waals surface area contributed by atoms with Crippen molar-refractivity contribution < 1.29 is 19.1 Å². The summed E-state index contributed by atoms with van der Waals surface area (Å²) < 4.78 is 9.97. The summed E-state index contributed by atoms with van der Waals surface area (Å²) in [5, 5.41) is 2.63. The number of hydrogen-bond donors (Lipinski definition) is 1. The zero-order valence-corrected chi connectivity index (χ0v) is 11.3. The lowest BCUT2D eigenvalue weighted by Gasteiger charge is -2.08. The maximum absolute atomic E-state index is 11.4. The van der Waals surface area contributed by atoms with E-state index < -0.39 is 0 Å². The zero-order valence-electron chi connectivity index (χ0n) is 11.3. The topological polar surface area (TPSA) is 64.6 Å². The van der Waals surface area contributed by atoms with Crippen LogP contribution >= 0.6 is 0 Å². The van der Waals surface area contributed by atoms with Gasteiger partial charge in [0.1, 0.15) is 5.75 Å².